The van der Waals surface area contributed by atoms with Crippen LogP contribution in [-0.2, 0) is 0 Å². The molecule has 0 saturated heterocycles. The Balaban J connectivity index is 2.57. The molecule has 0 aromatic rings. The van der Waals surface area contributed by atoms with Gasteiger partial charge in [0.05, 0.1) is 0 Å². The lowest BCUT2D eigenvalue weighted by Gasteiger charge is -2.13. The zero-order valence-corrected chi connectivity index (χ0v) is 4.23. The highest BCUT2D eigenvalue weighted by molar-refractivity contribution is 5.03. The first-order chi connectivity index (χ1) is 3.21. The normalized spacial score (nSPS) is 38.6. The van der Waals surface area contributed by atoms with Crippen LogP contribution in [0.2, 0.25) is 0 Å². The van der Waals surface area contributed by atoms with E-state index in [0.29, 0.717) is 0 Å². The van der Waals surface area contributed by atoms with E-state index in [1.165, 1.54) is 0 Å². The van der Waals surface area contributed by atoms with Crippen LogP contribution in [0.3, 0.4) is 0 Å². The minimum Gasteiger partial charge on any atom is -0.327 e. The van der Waals surface area contributed by atoms with Crippen molar-refractivity contribution in [3.8, 4) is 0 Å². The maximum Gasteiger partial charge on any atom is 0.101 e. The Bertz CT molecular complexity index is 95.1. The third-order valence-electron chi connectivity index (χ3n) is 0.854. The minimum absolute atomic E-state index is 0.347. The fourth-order valence-corrected chi connectivity index (χ4v) is 0.454. The fraction of sp³-hybridized carbons (Fsp3) is 0.500. The third kappa shape index (κ3) is 0.913. The Morgan fingerprint density at radius 1 is 1.71 bits per heavy atom. The number of rotatable bonds is 0. The molecule has 0 bridgehead atoms. The molecule has 0 radical (unpaired) electrons. The quantitative estimate of drug-likeness (QED) is 0.376. The molecule has 1 aliphatic heterocycles. The van der Waals surface area contributed by atoms with Crippen LogP contribution in [0.25, 0.3) is 0 Å². The number of nitrogens with two attached hydrogens (primary N) is 1. The van der Waals surface area contributed by atoms with Gasteiger partial charge in [0.25, 0.3) is 0 Å². The maximum absolute atomic E-state index is 5.52. The van der Waals surface area contributed by atoms with Gasteiger partial charge in [-0.3, -0.25) is 0 Å². The average Bonchev–Trinajstić information content (AvgIpc) is 1.84. The summed E-state index contributed by atoms with van der Waals surface area (Å²) < 4.78 is 0. The molecule has 1 unspecified atom stereocenters. The highest BCUT2D eigenvalue weighted by atomic mass is 15.4. The Hall–Kier alpha value is -0.540. The molecule has 0 aliphatic carbocycles. The molecule has 7 heavy (non-hydrogen) atoms. The summed E-state index contributed by atoms with van der Waals surface area (Å²) >= 11 is 0. The van der Waals surface area contributed by atoms with Crippen molar-refractivity contribution >= 4 is 0 Å². The van der Waals surface area contributed by atoms with Crippen molar-refractivity contribution in [3.05, 3.63) is 12.3 Å². The van der Waals surface area contributed by atoms with Crippen LogP contribution in [-0.4, -0.2) is 5.66 Å². The van der Waals surface area contributed by atoms with Crippen molar-refractivity contribution in [3.63, 3.8) is 0 Å². The summed E-state index contributed by atoms with van der Waals surface area (Å²) in [4.78, 5) is 0. The Kier molecular flexibility index (Phi) is 0.800. The van der Waals surface area contributed by atoms with E-state index >= 15 is 0 Å². The molecule has 0 saturated carbocycles. The first-order valence-corrected chi connectivity index (χ1v) is 2.20. The van der Waals surface area contributed by atoms with Gasteiger partial charge in [-0.15, -0.1) is 0 Å². The van der Waals surface area contributed by atoms with Crippen molar-refractivity contribution in [2.45, 2.75) is 12.6 Å². The van der Waals surface area contributed by atoms with E-state index in [1.54, 1.807) is 6.20 Å². The highest BCUT2D eigenvalue weighted by Gasteiger charge is 2.15. The van der Waals surface area contributed by atoms with Crippen LogP contribution in [0, 0.1) is 0 Å². The topological polar surface area (TPSA) is 50.1 Å². The second kappa shape index (κ2) is 1.21. The molecule has 1 aliphatic rings. The van der Waals surface area contributed by atoms with Crippen LogP contribution in [0.15, 0.2) is 12.3 Å². The zero-order chi connectivity index (χ0) is 5.33. The van der Waals surface area contributed by atoms with Crippen molar-refractivity contribution in [1.29, 1.82) is 0 Å². The first kappa shape index (κ1) is 4.61. The van der Waals surface area contributed by atoms with Gasteiger partial charge in [0.15, 0.2) is 0 Å². The lowest BCUT2D eigenvalue weighted by atomic mass is 10.2. The predicted octanol–water partition coefficient (Wildman–Crippen LogP) is -0.717. The van der Waals surface area contributed by atoms with Crippen LogP contribution < -0.4 is 16.6 Å². The van der Waals surface area contributed by atoms with Gasteiger partial charge in [-0.1, -0.05) is 0 Å². The molecule has 1 rings (SSSR count). The van der Waals surface area contributed by atoms with E-state index < -0.39 is 0 Å². The molecule has 1 heterocycles. The van der Waals surface area contributed by atoms with E-state index in [4.69, 9.17) is 5.73 Å². The molecule has 0 aromatic carbocycles. The summed E-state index contributed by atoms with van der Waals surface area (Å²) in [7, 11) is 0. The van der Waals surface area contributed by atoms with Gasteiger partial charge in [0.1, 0.15) is 5.66 Å². The van der Waals surface area contributed by atoms with Crippen LogP contribution >= 0.6 is 0 Å². The van der Waals surface area contributed by atoms with Crippen LogP contribution in [0.4, 0.5) is 0 Å². The summed E-state index contributed by atoms with van der Waals surface area (Å²) in [6.07, 6.45) is 3.63. The SMILES string of the molecule is CC1(N)C=CNN1. The summed E-state index contributed by atoms with van der Waals surface area (Å²) in [5.74, 6) is 0. The molecule has 0 aromatic heterocycles. The van der Waals surface area contributed by atoms with Crippen molar-refractivity contribution < 1.29 is 0 Å². The minimum atomic E-state index is -0.347. The van der Waals surface area contributed by atoms with Crippen LogP contribution in [0.5, 0.6) is 0 Å². The Morgan fingerprint density at radius 2 is 2.43 bits per heavy atom. The molecule has 0 spiro atoms. The lowest BCUT2D eigenvalue weighted by molar-refractivity contribution is 0.452. The van der Waals surface area contributed by atoms with Crippen molar-refractivity contribution in [2.75, 3.05) is 0 Å². The third-order valence-corrected chi connectivity index (χ3v) is 0.854. The van der Waals surface area contributed by atoms with E-state index in [0.717, 1.165) is 0 Å². The van der Waals surface area contributed by atoms with Gasteiger partial charge < -0.3 is 11.2 Å². The predicted molar refractivity (Wildman–Crippen MR) is 28.0 cm³/mol. The summed E-state index contributed by atoms with van der Waals surface area (Å²) in [6.45, 7) is 1.88. The van der Waals surface area contributed by atoms with E-state index in [9.17, 15) is 0 Å². The zero-order valence-electron chi connectivity index (χ0n) is 4.23. The molecule has 0 fully saturated rings. The number of hydrazine groups is 1. The molecule has 3 heteroatoms. The van der Waals surface area contributed by atoms with E-state index in [1.807, 2.05) is 13.0 Å². The largest absolute Gasteiger partial charge is 0.327 e. The molecule has 40 valence electrons. The second-order valence-corrected chi connectivity index (χ2v) is 1.89. The van der Waals surface area contributed by atoms with Gasteiger partial charge in [0.2, 0.25) is 0 Å². The number of nitrogens with one attached hydrogen (secondary N) is 2. The fourth-order valence-electron chi connectivity index (χ4n) is 0.454. The molecule has 3 nitrogen and oxygen atoms in total. The molecular weight excluding hydrogens is 90.1 g/mol. The lowest BCUT2D eigenvalue weighted by Crippen LogP contribution is -2.49. The summed E-state index contributed by atoms with van der Waals surface area (Å²) in [6, 6.07) is 0. The standard InChI is InChI=1S/C4H9N3/c1-4(5)2-3-6-7-4/h2-3,6-7H,5H2,1H3. The number of hydrogen-bond donors (Lipinski definition) is 3. The smallest absolute Gasteiger partial charge is 0.101 e. The molecule has 0 amide bonds. The van der Waals surface area contributed by atoms with Crippen LogP contribution in [0.1, 0.15) is 6.92 Å². The first-order valence-electron chi connectivity index (χ1n) is 2.20. The van der Waals surface area contributed by atoms with Gasteiger partial charge in [0, 0.05) is 6.20 Å². The van der Waals surface area contributed by atoms with Gasteiger partial charge in [-0.05, 0) is 13.0 Å². The van der Waals surface area contributed by atoms with Crippen molar-refractivity contribution in [2.24, 2.45) is 5.73 Å². The summed E-state index contributed by atoms with van der Waals surface area (Å²) in [5.41, 5.74) is 10.7. The van der Waals surface area contributed by atoms with Gasteiger partial charge in [-0.2, -0.15) is 0 Å². The summed E-state index contributed by atoms with van der Waals surface area (Å²) in [5, 5.41) is 0. The molecular formula is C4H9N3. The average molecular weight is 99.1 g/mol. The molecule has 4 N–H and O–H groups in total. The van der Waals surface area contributed by atoms with Gasteiger partial charge >= 0.3 is 0 Å². The number of hydrogen-bond acceptors (Lipinski definition) is 3. The Labute approximate surface area is 42.5 Å². The van der Waals surface area contributed by atoms with Gasteiger partial charge in [-0.25, -0.2) is 5.43 Å². The second-order valence-electron chi connectivity index (χ2n) is 1.89. The molecule has 1 atom stereocenters. The maximum atomic E-state index is 5.52. The van der Waals surface area contributed by atoms with E-state index in [-0.39, 0.29) is 5.66 Å². The van der Waals surface area contributed by atoms with Crippen molar-refractivity contribution in [1.82, 2.24) is 10.9 Å². The Morgan fingerprint density at radius 3 is 2.57 bits per heavy atom. The van der Waals surface area contributed by atoms with E-state index in [2.05, 4.69) is 10.9 Å². The monoisotopic (exact) mass is 99.1 g/mol. The highest BCUT2D eigenvalue weighted by Crippen LogP contribution is 1.96.